The lowest BCUT2D eigenvalue weighted by Gasteiger charge is -2.36. The fourth-order valence-electron chi connectivity index (χ4n) is 4.04. The first-order valence-corrected chi connectivity index (χ1v) is 11.3. The maximum absolute atomic E-state index is 12.8. The van der Waals surface area contributed by atoms with Crippen LogP contribution in [0, 0.1) is 13.8 Å². The van der Waals surface area contributed by atoms with Gasteiger partial charge in [0, 0.05) is 56.0 Å². The fraction of sp³-hybridized carbons (Fsp3) is 0.346. The molecule has 4 rings (SSSR count). The van der Waals surface area contributed by atoms with E-state index in [9.17, 15) is 9.59 Å². The lowest BCUT2D eigenvalue weighted by Crippen LogP contribution is -2.49. The number of hydrogen-bond donors (Lipinski definition) is 0. The van der Waals surface area contributed by atoms with Crippen LogP contribution in [0.4, 0.5) is 5.69 Å². The van der Waals surface area contributed by atoms with Gasteiger partial charge in [-0.1, -0.05) is 18.2 Å². The largest absolute Gasteiger partial charge is 0.497 e. The molecule has 2 heterocycles. The number of hydrogen-bond acceptors (Lipinski definition) is 5. The molecule has 172 valence electrons. The number of rotatable bonds is 6. The van der Waals surface area contributed by atoms with Crippen LogP contribution in [-0.2, 0) is 11.3 Å². The van der Waals surface area contributed by atoms with E-state index in [1.54, 1.807) is 13.2 Å². The van der Waals surface area contributed by atoms with Gasteiger partial charge in [-0.3, -0.25) is 9.59 Å². The number of nitrogens with zero attached hydrogens (tertiary/aromatic N) is 4. The molecule has 0 spiro atoms. The van der Waals surface area contributed by atoms with E-state index in [-0.39, 0.29) is 24.4 Å². The number of benzene rings is 2. The third kappa shape index (κ3) is 5.25. The highest BCUT2D eigenvalue weighted by atomic mass is 16.5. The molecule has 1 aliphatic heterocycles. The van der Waals surface area contributed by atoms with Crippen LogP contribution >= 0.6 is 0 Å². The predicted molar refractivity (Wildman–Crippen MR) is 130 cm³/mol. The molecule has 7 nitrogen and oxygen atoms in total. The summed E-state index contributed by atoms with van der Waals surface area (Å²) in [4.78, 5) is 29.3. The van der Waals surface area contributed by atoms with E-state index in [0.717, 1.165) is 35.8 Å². The average Bonchev–Trinajstić information content (AvgIpc) is 2.85. The minimum atomic E-state index is -0.196. The molecule has 2 aromatic carbocycles. The van der Waals surface area contributed by atoms with Crippen molar-refractivity contribution in [3.8, 4) is 17.0 Å². The van der Waals surface area contributed by atoms with Crippen molar-refractivity contribution in [2.75, 3.05) is 38.2 Å². The molecule has 1 aromatic heterocycles. The summed E-state index contributed by atoms with van der Waals surface area (Å²) in [5, 5.41) is 4.51. The van der Waals surface area contributed by atoms with Gasteiger partial charge in [-0.15, -0.1) is 0 Å². The van der Waals surface area contributed by atoms with Crippen LogP contribution in [-0.4, -0.2) is 53.9 Å². The summed E-state index contributed by atoms with van der Waals surface area (Å²) in [6, 6.07) is 17.4. The van der Waals surface area contributed by atoms with Crippen molar-refractivity contribution in [3.63, 3.8) is 0 Å². The van der Waals surface area contributed by atoms with Gasteiger partial charge in [0.1, 0.15) is 5.75 Å². The van der Waals surface area contributed by atoms with E-state index in [2.05, 4.69) is 42.0 Å². The summed E-state index contributed by atoms with van der Waals surface area (Å²) < 4.78 is 6.71. The SMILES string of the molecule is COc1cccc(N2CCN(C(=O)CCn3nc(-c4ccc(C)c(C)c4)ccc3=O)CC2)c1. The zero-order valence-corrected chi connectivity index (χ0v) is 19.5. The molecule has 0 radical (unpaired) electrons. The van der Waals surface area contributed by atoms with Crippen LogP contribution in [0.2, 0.25) is 0 Å². The maximum Gasteiger partial charge on any atom is 0.266 e. The molecule has 0 unspecified atom stereocenters. The standard InChI is InChI=1S/C26H30N4O3/c1-19-7-8-21(17-20(19)2)24-9-10-26(32)30(27-24)12-11-25(31)29-15-13-28(14-16-29)22-5-4-6-23(18-22)33-3/h4-10,17-18H,11-16H2,1-3H3. The van der Waals surface area contributed by atoms with E-state index in [1.807, 2.05) is 29.2 Å². The van der Waals surface area contributed by atoms with Gasteiger partial charge >= 0.3 is 0 Å². The molecule has 0 bridgehead atoms. The fourth-order valence-corrected chi connectivity index (χ4v) is 4.04. The van der Waals surface area contributed by atoms with Gasteiger partial charge in [0.05, 0.1) is 19.3 Å². The van der Waals surface area contributed by atoms with Crippen LogP contribution in [0.3, 0.4) is 0 Å². The molecule has 0 N–H and O–H groups in total. The summed E-state index contributed by atoms with van der Waals surface area (Å²) in [7, 11) is 1.66. The van der Waals surface area contributed by atoms with Gasteiger partial charge in [0.15, 0.2) is 0 Å². The second kappa shape index (κ2) is 9.90. The Morgan fingerprint density at radius 2 is 1.76 bits per heavy atom. The molecule has 7 heteroatoms. The first kappa shape index (κ1) is 22.6. The third-order valence-corrected chi connectivity index (χ3v) is 6.26. The smallest absolute Gasteiger partial charge is 0.266 e. The minimum Gasteiger partial charge on any atom is -0.497 e. The summed E-state index contributed by atoms with van der Waals surface area (Å²) in [5.41, 5.74) is 4.99. The van der Waals surface area contributed by atoms with Gasteiger partial charge in [-0.05, 0) is 49.2 Å². The number of carbonyl (C=O) groups excluding carboxylic acids is 1. The highest BCUT2D eigenvalue weighted by Gasteiger charge is 2.21. The van der Waals surface area contributed by atoms with Crippen LogP contribution in [0.5, 0.6) is 5.75 Å². The molecule has 1 amide bonds. The Bertz CT molecular complexity index is 1200. The lowest BCUT2D eigenvalue weighted by atomic mass is 10.0. The first-order chi connectivity index (χ1) is 15.9. The molecular weight excluding hydrogens is 416 g/mol. The number of carbonyl (C=O) groups is 1. The second-order valence-electron chi connectivity index (χ2n) is 8.40. The summed E-state index contributed by atoms with van der Waals surface area (Å²) in [5.74, 6) is 0.873. The third-order valence-electron chi connectivity index (χ3n) is 6.26. The number of ether oxygens (including phenoxy) is 1. The van der Waals surface area contributed by atoms with Crippen molar-refractivity contribution in [1.82, 2.24) is 14.7 Å². The molecule has 0 aliphatic carbocycles. The number of piperazine rings is 1. The Morgan fingerprint density at radius 3 is 2.48 bits per heavy atom. The predicted octanol–water partition coefficient (Wildman–Crippen LogP) is 3.27. The van der Waals surface area contributed by atoms with Gasteiger partial charge in [-0.25, -0.2) is 4.68 Å². The molecule has 0 atom stereocenters. The first-order valence-electron chi connectivity index (χ1n) is 11.3. The quantitative estimate of drug-likeness (QED) is 0.581. The zero-order chi connectivity index (χ0) is 23.4. The van der Waals surface area contributed by atoms with Crippen molar-refractivity contribution < 1.29 is 9.53 Å². The Labute approximate surface area is 194 Å². The molecule has 33 heavy (non-hydrogen) atoms. The number of amides is 1. The lowest BCUT2D eigenvalue weighted by molar-refractivity contribution is -0.131. The Morgan fingerprint density at radius 1 is 0.970 bits per heavy atom. The van der Waals surface area contributed by atoms with Crippen molar-refractivity contribution >= 4 is 11.6 Å². The maximum atomic E-state index is 12.8. The number of aromatic nitrogens is 2. The van der Waals surface area contributed by atoms with Crippen molar-refractivity contribution in [3.05, 3.63) is 76.1 Å². The molecule has 1 aliphatic rings. The van der Waals surface area contributed by atoms with E-state index in [4.69, 9.17) is 4.74 Å². The van der Waals surface area contributed by atoms with E-state index in [0.29, 0.717) is 13.1 Å². The van der Waals surface area contributed by atoms with E-state index < -0.39 is 0 Å². The summed E-state index contributed by atoms with van der Waals surface area (Å²) in [6.07, 6.45) is 0.252. The second-order valence-corrected chi connectivity index (χ2v) is 8.40. The van der Waals surface area contributed by atoms with Gasteiger partial charge < -0.3 is 14.5 Å². The minimum absolute atomic E-state index is 0.0468. The summed E-state index contributed by atoms with van der Waals surface area (Å²) >= 11 is 0. The molecular formula is C26H30N4O3. The van der Waals surface area contributed by atoms with E-state index >= 15 is 0 Å². The molecule has 3 aromatic rings. The highest BCUT2D eigenvalue weighted by molar-refractivity contribution is 5.76. The number of methoxy groups -OCH3 is 1. The molecule has 1 fully saturated rings. The Kier molecular flexibility index (Phi) is 6.77. The molecule has 1 saturated heterocycles. The van der Waals surface area contributed by atoms with Gasteiger partial charge in [0.25, 0.3) is 5.56 Å². The highest BCUT2D eigenvalue weighted by Crippen LogP contribution is 2.22. The monoisotopic (exact) mass is 446 g/mol. The normalized spacial score (nSPS) is 13.8. The Balaban J connectivity index is 1.36. The van der Waals surface area contributed by atoms with Crippen LogP contribution in [0.1, 0.15) is 17.5 Å². The van der Waals surface area contributed by atoms with Crippen molar-refractivity contribution in [2.45, 2.75) is 26.8 Å². The van der Waals surface area contributed by atoms with Crippen molar-refractivity contribution in [1.29, 1.82) is 0 Å². The van der Waals surface area contributed by atoms with Gasteiger partial charge in [-0.2, -0.15) is 5.10 Å². The average molecular weight is 447 g/mol. The number of aryl methyl sites for hydroxylation is 3. The van der Waals surface area contributed by atoms with Crippen molar-refractivity contribution in [2.24, 2.45) is 0 Å². The number of anilines is 1. The van der Waals surface area contributed by atoms with E-state index in [1.165, 1.54) is 21.9 Å². The van der Waals surface area contributed by atoms with Crippen LogP contribution < -0.4 is 15.2 Å². The molecule has 0 saturated carbocycles. The van der Waals surface area contributed by atoms with Gasteiger partial charge in [0.2, 0.25) is 5.91 Å². The topological polar surface area (TPSA) is 67.7 Å². The summed E-state index contributed by atoms with van der Waals surface area (Å²) in [6.45, 7) is 7.23. The van der Waals surface area contributed by atoms with Crippen LogP contribution in [0.25, 0.3) is 11.3 Å². The van der Waals surface area contributed by atoms with Crippen LogP contribution in [0.15, 0.2) is 59.4 Å². The Hall–Kier alpha value is -3.61. The zero-order valence-electron chi connectivity index (χ0n) is 19.5.